The van der Waals surface area contributed by atoms with E-state index in [0.717, 1.165) is 35.8 Å². The molecule has 0 radical (unpaired) electrons. The molecule has 23 heavy (non-hydrogen) atoms. The molecule has 1 amide bonds. The van der Waals surface area contributed by atoms with Crippen LogP contribution in [0.1, 0.15) is 33.1 Å². The molecule has 1 aliphatic heterocycles. The van der Waals surface area contributed by atoms with Crippen molar-refractivity contribution in [3.05, 3.63) is 52.0 Å². The molecule has 1 aliphatic rings. The first-order valence-electron chi connectivity index (χ1n) is 7.72. The third kappa shape index (κ3) is 4.56. The molecule has 122 valence electrons. The summed E-state index contributed by atoms with van der Waals surface area (Å²) in [6.45, 7) is 0.318. The third-order valence-corrected chi connectivity index (χ3v) is 5.96. The summed E-state index contributed by atoms with van der Waals surface area (Å²) in [5.41, 5.74) is 0.432. The van der Waals surface area contributed by atoms with Gasteiger partial charge in [0.05, 0.1) is 16.8 Å². The summed E-state index contributed by atoms with van der Waals surface area (Å²) in [6.07, 6.45) is 3.83. The van der Waals surface area contributed by atoms with E-state index in [1.807, 2.05) is 30.0 Å². The van der Waals surface area contributed by atoms with E-state index in [1.165, 1.54) is 16.9 Å². The van der Waals surface area contributed by atoms with Gasteiger partial charge in [0.25, 0.3) is 5.91 Å². The van der Waals surface area contributed by atoms with Gasteiger partial charge in [0.15, 0.2) is 0 Å². The quantitative estimate of drug-likeness (QED) is 0.872. The first-order valence-corrected chi connectivity index (χ1v) is 9.69. The molecule has 0 bridgehead atoms. The highest BCUT2D eigenvalue weighted by Crippen LogP contribution is 2.26. The Morgan fingerprint density at radius 2 is 2.00 bits per heavy atom. The number of carbonyl (C=O) groups excluding carboxylic acids is 1. The van der Waals surface area contributed by atoms with Crippen molar-refractivity contribution in [2.45, 2.75) is 24.9 Å². The zero-order valence-corrected chi connectivity index (χ0v) is 14.5. The van der Waals surface area contributed by atoms with E-state index in [4.69, 9.17) is 0 Å². The number of carbonyl (C=O) groups is 1. The van der Waals surface area contributed by atoms with E-state index < -0.39 is 5.60 Å². The summed E-state index contributed by atoms with van der Waals surface area (Å²) in [5.74, 6) is 1.76. The van der Waals surface area contributed by atoms with Gasteiger partial charge >= 0.3 is 0 Å². The molecule has 1 fully saturated rings. The monoisotopic (exact) mass is 348 g/mol. The van der Waals surface area contributed by atoms with Crippen molar-refractivity contribution in [2.24, 2.45) is 0 Å². The lowest BCUT2D eigenvalue weighted by Crippen LogP contribution is -2.45. The maximum Gasteiger partial charge on any atom is 0.263 e. The zero-order valence-electron chi connectivity index (χ0n) is 12.8. The Morgan fingerprint density at radius 1 is 1.26 bits per heavy atom. The van der Waals surface area contributed by atoms with Gasteiger partial charge < -0.3 is 10.4 Å². The predicted molar refractivity (Wildman–Crippen MR) is 95.2 cm³/mol. The molecule has 0 aliphatic carbocycles. The summed E-state index contributed by atoms with van der Waals surface area (Å²) in [7, 11) is 0. The fourth-order valence-corrected chi connectivity index (χ4v) is 4.65. The van der Waals surface area contributed by atoms with E-state index in [1.54, 1.807) is 6.20 Å². The number of thiazole rings is 1. The summed E-state index contributed by atoms with van der Waals surface area (Å²) in [5, 5.41) is 14.2. The summed E-state index contributed by atoms with van der Waals surface area (Å²) in [4.78, 5) is 17.2. The smallest absolute Gasteiger partial charge is 0.263 e. The molecule has 0 saturated carbocycles. The Hall–Kier alpha value is -1.37. The highest BCUT2D eigenvalue weighted by molar-refractivity contribution is 7.99. The average Bonchev–Trinajstić information content (AvgIpc) is 3.03. The number of benzene rings is 1. The molecule has 0 spiro atoms. The van der Waals surface area contributed by atoms with Crippen LogP contribution in [0.3, 0.4) is 0 Å². The van der Waals surface area contributed by atoms with E-state index in [-0.39, 0.29) is 5.91 Å². The fraction of sp³-hybridized carbons (Fsp3) is 0.412. The van der Waals surface area contributed by atoms with Gasteiger partial charge in [0.1, 0.15) is 4.88 Å². The van der Waals surface area contributed by atoms with Gasteiger partial charge in [-0.05, 0) is 29.9 Å². The molecule has 0 unspecified atom stereocenters. The van der Waals surface area contributed by atoms with Crippen LogP contribution >= 0.6 is 23.1 Å². The second-order valence-corrected chi connectivity index (χ2v) is 8.14. The fourth-order valence-electron chi connectivity index (χ4n) is 2.53. The number of thioether (sulfide) groups is 1. The van der Waals surface area contributed by atoms with E-state index >= 15 is 0 Å². The first kappa shape index (κ1) is 16.5. The van der Waals surface area contributed by atoms with Gasteiger partial charge in [-0.25, -0.2) is 4.98 Å². The van der Waals surface area contributed by atoms with Crippen LogP contribution in [-0.4, -0.2) is 39.6 Å². The molecule has 1 saturated heterocycles. The van der Waals surface area contributed by atoms with Crippen LogP contribution in [-0.2, 0) is 6.42 Å². The van der Waals surface area contributed by atoms with Crippen LogP contribution in [0.5, 0.6) is 0 Å². The van der Waals surface area contributed by atoms with Gasteiger partial charge in [-0.2, -0.15) is 11.8 Å². The number of rotatable bonds is 5. The van der Waals surface area contributed by atoms with Crippen molar-refractivity contribution in [3.63, 3.8) is 0 Å². The topological polar surface area (TPSA) is 62.2 Å². The summed E-state index contributed by atoms with van der Waals surface area (Å²) in [6, 6.07) is 10.1. The lowest BCUT2D eigenvalue weighted by Gasteiger charge is -2.31. The van der Waals surface area contributed by atoms with Crippen LogP contribution in [0.2, 0.25) is 0 Å². The molecule has 6 heteroatoms. The molecule has 1 aromatic carbocycles. The number of aliphatic hydroxyl groups is 1. The maximum absolute atomic E-state index is 12.2. The number of hydrogen-bond acceptors (Lipinski definition) is 5. The van der Waals surface area contributed by atoms with Gasteiger partial charge in [0, 0.05) is 13.0 Å². The largest absolute Gasteiger partial charge is 0.388 e. The minimum atomic E-state index is -0.752. The Labute approximate surface area is 144 Å². The highest BCUT2D eigenvalue weighted by atomic mass is 32.2. The number of aromatic nitrogens is 1. The van der Waals surface area contributed by atoms with Crippen LogP contribution in [0.15, 0.2) is 36.5 Å². The Balaban J connectivity index is 1.56. The number of nitrogens with zero attached hydrogens (tertiary/aromatic N) is 1. The summed E-state index contributed by atoms with van der Waals surface area (Å²) >= 11 is 3.26. The minimum Gasteiger partial charge on any atom is -0.388 e. The second-order valence-electron chi connectivity index (χ2n) is 5.80. The average molecular weight is 348 g/mol. The van der Waals surface area contributed by atoms with Crippen molar-refractivity contribution in [2.75, 3.05) is 18.1 Å². The molecule has 2 heterocycles. The van der Waals surface area contributed by atoms with Gasteiger partial charge in [-0.1, -0.05) is 30.3 Å². The molecule has 2 N–H and O–H groups in total. The molecule has 3 rings (SSSR count). The molecule has 2 aromatic rings. The molecule has 1 aromatic heterocycles. The van der Waals surface area contributed by atoms with Crippen LogP contribution in [0.4, 0.5) is 0 Å². The lowest BCUT2D eigenvalue weighted by atomic mass is 9.97. The molecule has 0 atom stereocenters. The molecular formula is C17H20N2O2S2. The summed E-state index contributed by atoms with van der Waals surface area (Å²) < 4.78 is 0. The van der Waals surface area contributed by atoms with E-state index in [2.05, 4.69) is 22.4 Å². The number of hydrogen-bond donors (Lipinski definition) is 2. The normalized spacial score (nSPS) is 16.9. The van der Waals surface area contributed by atoms with Crippen molar-refractivity contribution in [1.29, 1.82) is 0 Å². The van der Waals surface area contributed by atoms with Gasteiger partial charge in [-0.3, -0.25) is 4.79 Å². The maximum atomic E-state index is 12.2. The number of amides is 1. The minimum absolute atomic E-state index is 0.145. The predicted octanol–water partition coefficient (Wildman–Crippen LogP) is 2.72. The van der Waals surface area contributed by atoms with Crippen molar-refractivity contribution >= 4 is 29.0 Å². The Morgan fingerprint density at radius 3 is 2.74 bits per heavy atom. The van der Waals surface area contributed by atoms with E-state index in [9.17, 15) is 9.90 Å². The van der Waals surface area contributed by atoms with Gasteiger partial charge in [0.2, 0.25) is 0 Å². The van der Waals surface area contributed by atoms with Crippen molar-refractivity contribution in [1.82, 2.24) is 10.3 Å². The second kappa shape index (κ2) is 7.47. The standard InChI is InChI=1S/C17H20N2O2S2/c20-16(19-12-17(21)6-8-22-9-7-17)14-11-18-15(23-14)10-13-4-2-1-3-5-13/h1-5,11,21H,6-10,12H2,(H,19,20). The first-order chi connectivity index (χ1) is 11.1. The lowest BCUT2D eigenvalue weighted by molar-refractivity contribution is 0.0312. The van der Waals surface area contributed by atoms with E-state index in [0.29, 0.717) is 11.4 Å². The van der Waals surface area contributed by atoms with Gasteiger partial charge in [-0.15, -0.1) is 11.3 Å². The third-order valence-electron chi connectivity index (χ3n) is 3.98. The molecule has 4 nitrogen and oxygen atoms in total. The SMILES string of the molecule is O=C(NCC1(O)CCSCC1)c1cnc(Cc2ccccc2)s1. The van der Waals surface area contributed by atoms with Crippen LogP contribution in [0.25, 0.3) is 0 Å². The number of nitrogens with one attached hydrogen (secondary N) is 1. The van der Waals surface area contributed by atoms with Crippen molar-refractivity contribution in [3.8, 4) is 0 Å². The zero-order chi connectivity index (χ0) is 16.1. The van der Waals surface area contributed by atoms with Crippen molar-refractivity contribution < 1.29 is 9.90 Å². The van der Waals surface area contributed by atoms with Crippen LogP contribution in [0, 0.1) is 0 Å². The van der Waals surface area contributed by atoms with Crippen LogP contribution < -0.4 is 5.32 Å². The molecular weight excluding hydrogens is 328 g/mol. The highest BCUT2D eigenvalue weighted by Gasteiger charge is 2.30. The Kier molecular flexibility index (Phi) is 5.35. The Bertz CT molecular complexity index is 652.